The Bertz CT molecular complexity index is 507. The first kappa shape index (κ1) is 18.0. The molecule has 1 rings (SSSR count). The summed E-state index contributed by atoms with van der Waals surface area (Å²) >= 11 is 10.9. The summed E-state index contributed by atoms with van der Waals surface area (Å²) in [7, 11) is 0. The third-order valence-corrected chi connectivity index (χ3v) is 3.94. The average molecular weight is 369 g/mol. The number of alkyl halides is 3. The molecule has 0 atom stereocenters. The molecule has 1 aromatic rings. The molecule has 0 saturated carbocycles. The van der Waals surface area contributed by atoms with Crippen molar-refractivity contribution in [2.45, 2.75) is 18.0 Å². The number of hydrogen-bond donors (Lipinski definition) is 0. The lowest BCUT2D eigenvalue weighted by molar-refractivity contribution is -0.140. The smallest absolute Gasteiger partial charge is 0.417 e. The van der Waals surface area contributed by atoms with Crippen molar-refractivity contribution in [1.29, 1.82) is 0 Å². The van der Waals surface area contributed by atoms with Gasteiger partial charge in [-0.25, -0.2) is 0 Å². The topological polar surface area (TPSA) is 35.5 Å². The first-order valence-corrected chi connectivity index (χ1v) is 9.70. The van der Waals surface area contributed by atoms with Crippen LogP contribution in [0.25, 0.3) is 0 Å². The molecule has 0 aliphatic carbocycles. The number of hydrogen-bond acceptors (Lipinski definition) is 4. The van der Waals surface area contributed by atoms with Crippen molar-refractivity contribution >= 4 is 40.4 Å². The lowest BCUT2D eigenvalue weighted by atomic mass is 10.2. The third-order valence-electron chi connectivity index (χ3n) is 1.93. The minimum atomic E-state index is -4.57. The zero-order valence-electron chi connectivity index (χ0n) is 10.1. The van der Waals surface area contributed by atoms with Crippen molar-refractivity contribution in [2.75, 3.05) is 13.0 Å². The summed E-state index contributed by atoms with van der Waals surface area (Å²) in [6, 6.07) is 3.51. The SMILES string of the molecule is CCOc1cccc(C(F)(F)F)c1SOCP(=O)(Cl)Cl. The minimum Gasteiger partial charge on any atom is -0.493 e. The van der Waals surface area contributed by atoms with Crippen LogP contribution in [0, 0.1) is 0 Å². The molecule has 1 aromatic carbocycles. The maximum atomic E-state index is 12.9. The van der Waals surface area contributed by atoms with E-state index in [1.54, 1.807) is 6.92 Å². The number of ether oxygens (including phenoxy) is 1. The fraction of sp³-hybridized carbons (Fsp3) is 0.400. The van der Waals surface area contributed by atoms with Gasteiger partial charge in [0.1, 0.15) is 12.1 Å². The molecular weight excluding hydrogens is 359 g/mol. The molecule has 0 amide bonds. The summed E-state index contributed by atoms with van der Waals surface area (Å²) < 4.78 is 59.7. The predicted molar refractivity (Wildman–Crippen MR) is 73.7 cm³/mol. The van der Waals surface area contributed by atoms with E-state index < -0.39 is 23.9 Å². The van der Waals surface area contributed by atoms with E-state index in [-0.39, 0.29) is 17.3 Å². The van der Waals surface area contributed by atoms with Gasteiger partial charge in [0.2, 0.25) is 0 Å². The van der Waals surface area contributed by atoms with Gasteiger partial charge in [-0.1, -0.05) is 6.07 Å². The normalized spacial score (nSPS) is 12.5. The Hall–Kier alpha value is -0.0700. The Labute approximate surface area is 127 Å². The second-order valence-electron chi connectivity index (χ2n) is 3.46. The number of benzene rings is 1. The van der Waals surface area contributed by atoms with Gasteiger partial charge in [0, 0.05) is 12.0 Å². The standard InChI is InChI=1S/C10H10Cl2F3O3PS/c1-2-17-8-5-3-4-7(10(13,14)15)9(8)20-18-6-19(11,12)16/h3-5H,2,6H2,1H3. The van der Waals surface area contributed by atoms with Crippen LogP contribution in [0.15, 0.2) is 23.1 Å². The molecule has 0 aromatic heterocycles. The first-order valence-electron chi connectivity index (χ1n) is 5.26. The molecule has 0 aliphatic heterocycles. The molecule has 3 nitrogen and oxygen atoms in total. The molecule has 114 valence electrons. The van der Waals surface area contributed by atoms with Crippen LogP contribution in [0.1, 0.15) is 12.5 Å². The summed E-state index contributed by atoms with van der Waals surface area (Å²) in [5.41, 5.74) is -0.910. The van der Waals surface area contributed by atoms with Gasteiger partial charge >= 0.3 is 6.18 Å². The molecule has 20 heavy (non-hydrogen) atoms. The summed E-state index contributed by atoms with van der Waals surface area (Å²) in [5, 5.41) is 0. The Kier molecular flexibility index (Phi) is 6.54. The molecule has 10 heteroatoms. The van der Waals surface area contributed by atoms with Crippen molar-refractivity contribution in [3.05, 3.63) is 23.8 Å². The van der Waals surface area contributed by atoms with E-state index in [0.29, 0.717) is 12.0 Å². The molecule has 0 unspecified atom stereocenters. The van der Waals surface area contributed by atoms with Crippen LogP contribution in [0.5, 0.6) is 5.75 Å². The van der Waals surface area contributed by atoms with Gasteiger partial charge in [0.05, 0.1) is 17.1 Å². The maximum Gasteiger partial charge on any atom is 0.417 e. The Morgan fingerprint density at radius 3 is 2.50 bits per heavy atom. The van der Waals surface area contributed by atoms with Crippen LogP contribution in [-0.4, -0.2) is 13.0 Å². The molecule has 0 bridgehead atoms. The highest BCUT2D eigenvalue weighted by molar-refractivity contribution is 8.08. The highest BCUT2D eigenvalue weighted by atomic mass is 35.9. The Morgan fingerprint density at radius 1 is 1.35 bits per heavy atom. The van der Waals surface area contributed by atoms with Crippen LogP contribution in [0.3, 0.4) is 0 Å². The number of rotatable bonds is 6. The number of halogens is 5. The van der Waals surface area contributed by atoms with Crippen LogP contribution in [-0.2, 0) is 14.9 Å². The highest BCUT2D eigenvalue weighted by Gasteiger charge is 2.35. The zero-order valence-corrected chi connectivity index (χ0v) is 13.3. The van der Waals surface area contributed by atoms with E-state index in [9.17, 15) is 17.7 Å². The van der Waals surface area contributed by atoms with Gasteiger partial charge in [0.15, 0.2) is 0 Å². The molecule has 0 N–H and O–H groups in total. The van der Waals surface area contributed by atoms with Gasteiger partial charge in [-0.3, -0.25) is 8.75 Å². The summed E-state index contributed by atoms with van der Waals surface area (Å²) in [6.07, 6.45) is -5.14. The first-order chi connectivity index (χ1) is 9.15. The molecular formula is C10H10Cl2F3O3PS. The predicted octanol–water partition coefficient (Wildman–Crippen LogP) is 5.76. The largest absolute Gasteiger partial charge is 0.493 e. The molecule has 0 heterocycles. The van der Waals surface area contributed by atoms with E-state index in [2.05, 4.69) is 0 Å². The third kappa shape index (κ3) is 5.74. The van der Waals surface area contributed by atoms with Crippen LogP contribution in [0.2, 0.25) is 0 Å². The fourth-order valence-electron chi connectivity index (χ4n) is 1.24. The quantitative estimate of drug-likeness (QED) is 0.472. The van der Waals surface area contributed by atoms with E-state index >= 15 is 0 Å². The summed E-state index contributed by atoms with van der Waals surface area (Å²) in [5.74, 6) is -3.49. The van der Waals surface area contributed by atoms with E-state index in [0.717, 1.165) is 6.07 Å². The molecule has 0 saturated heterocycles. The average Bonchev–Trinajstić information content (AvgIpc) is 2.28. The summed E-state index contributed by atoms with van der Waals surface area (Å²) in [4.78, 5) is -0.261. The lowest BCUT2D eigenvalue weighted by Gasteiger charge is -2.16. The Balaban J connectivity index is 3.02. The lowest BCUT2D eigenvalue weighted by Crippen LogP contribution is -2.08. The van der Waals surface area contributed by atoms with E-state index in [4.69, 9.17) is 31.4 Å². The zero-order chi connectivity index (χ0) is 15.4. The van der Waals surface area contributed by atoms with Crippen LogP contribution >= 0.6 is 40.4 Å². The van der Waals surface area contributed by atoms with Gasteiger partial charge in [-0.05, 0) is 41.5 Å². The van der Waals surface area contributed by atoms with Crippen LogP contribution in [0.4, 0.5) is 13.2 Å². The molecule has 0 spiro atoms. The van der Waals surface area contributed by atoms with E-state index in [1.807, 2.05) is 0 Å². The van der Waals surface area contributed by atoms with Gasteiger partial charge in [-0.15, -0.1) is 0 Å². The Morgan fingerprint density at radius 2 is 2.00 bits per heavy atom. The second kappa shape index (κ2) is 7.27. The molecule has 0 aliphatic rings. The van der Waals surface area contributed by atoms with Crippen molar-refractivity contribution in [2.24, 2.45) is 0 Å². The van der Waals surface area contributed by atoms with E-state index in [1.165, 1.54) is 12.1 Å². The second-order valence-corrected chi connectivity index (χ2v) is 9.47. The van der Waals surface area contributed by atoms with Crippen molar-refractivity contribution in [1.82, 2.24) is 0 Å². The van der Waals surface area contributed by atoms with Gasteiger partial charge in [0.25, 0.3) is 5.85 Å². The van der Waals surface area contributed by atoms with Crippen molar-refractivity contribution in [3.63, 3.8) is 0 Å². The van der Waals surface area contributed by atoms with Gasteiger partial charge < -0.3 is 4.74 Å². The minimum absolute atomic E-state index is 0.0197. The summed E-state index contributed by atoms with van der Waals surface area (Å²) in [6.45, 7) is 1.83. The highest BCUT2D eigenvalue weighted by Crippen LogP contribution is 2.57. The van der Waals surface area contributed by atoms with Crippen molar-refractivity contribution in [3.8, 4) is 5.75 Å². The monoisotopic (exact) mass is 368 g/mol. The van der Waals surface area contributed by atoms with Crippen LogP contribution < -0.4 is 4.74 Å². The molecule has 0 radical (unpaired) electrons. The molecule has 0 fully saturated rings. The van der Waals surface area contributed by atoms with Crippen molar-refractivity contribution < 1.29 is 26.7 Å². The maximum absolute atomic E-state index is 12.9. The fourth-order valence-corrected chi connectivity index (χ4v) is 3.26. The van der Waals surface area contributed by atoms with Gasteiger partial charge in [-0.2, -0.15) is 13.2 Å².